The molecule has 2 rings (SSSR count). The molecule has 1 saturated heterocycles. The zero-order valence-electron chi connectivity index (χ0n) is 17.0. The van der Waals surface area contributed by atoms with Gasteiger partial charge in [-0.3, -0.25) is 14.6 Å². The van der Waals surface area contributed by atoms with Gasteiger partial charge in [-0.25, -0.2) is 0 Å². The van der Waals surface area contributed by atoms with Gasteiger partial charge in [-0.15, -0.1) is 0 Å². The summed E-state index contributed by atoms with van der Waals surface area (Å²) in [5.41, 5.74) is 0.575. The predicted molar refractivity (Wildman–Crippen MR) is 108 cm³/mol. The molecule has 2 N–H and O–H groups in total. The van der Waals surface area contributed by atoms with E-state index < -0.39 is 0 Å². The predicted octanol–water partition coefficient (Wildman–Crippen LogP) is 1.13. The number of guanidine groups is 1. The lowest BCUT2D eigenvalue weighted by molar-refractivity contribution is -0.145. The number of ether oxygens (including phenoxy) is 2. The number of esters is 1. The molecule has 1 aromatic rings. The fraction of sp³-hybridized carbons (Fsp3) is 0.550. The van der Waals surface area contributed by atoms with Crippen LogP contribution in [0.15, 0.2) is 29.3 Å². The van der Waals surface area contributed by atoms with E-state index in [0.717, 1.165) is 19.0 Å². The minimum Gasteiger partial charge on any atom is -0.497 e. The van der Waals surface area contributed by atoms with E-state index >= 15 is 0 Å². The number of rotatable bonds is 7. The Morgan fingerprint density at radius 1 is 1.18 bits per heavy atom. The minimum atomic E-state index is -0.183. The third-order valence-corrected chi connectivity index (χ3v) is 4.76. The Labute approximate surface area is 166 Å². The van der Waals surface area contributed by atoms with Crippen molar-refractivity contribution in [3.8, 4) is 5.75 Å². The minimum absolute atomic E-state index is 0.149. The number of likely N-dealkylation sites (tertiary alicyclic amines) is 1. The maximum Gasteiger partial charge on any atom is 0.310 e. The second-order valence-corrected chi connectivity index (χ2v) is 6.73. The summed E-state index contributed by atoms with van der Waals surface area (Å²) < 4.78 is 9.99. The van der Waals surface area contributed by atoms with Crippen LogP contribution in [0.25, 0.3) is 0 Å². The molecule has 0 saturated carbocycles. The lowest BCUT2D eigenvalue weighted by atomic mass is 9.99. The average molecular weight is 390 g/mol. The Morgan fingerprint density at radius 2 is 1.89 bits per heavy atom. The van der Waals surface area contributed by atoms with Crippen molar-refractivity contribution in [2.24, 2.45) is 16.8 Å². The standard InChI is InChI=1S/C20H30N4O4/c1-5-21-20(24-12-14(2)17(13-24)19(26)28-4)23-11-10-22-18(25)15-6-8-16(27-3)9-7-15/h6-9,14,17H,5,10-13H2,1-4H3,(H,21,23)(H,22,25). The number of nitrogens with zero attached hydrogens (tertiary/aromatic N) is 2. The van der Waals surface area contributed by atoms with Crippen molar-refractivity contribution >= 4 is 17.8 Å². The molecule has 2 unspecified atom stereocenters. The van der Waals surface area contributed by atoms with Gasteiger partial charge in [-0.2, -0.15) is 0 Å². The molecule has 1 amide bonds. The number of hydrogen-bond acceptors (Lipinski definition) is 5. The van der Waals surface area contributed by atoms with Gasteiger partial charge in [0.05, 0.1) is 26.7 Å². The first-order valence-electron chi connectivity index (χ1n) is 9.53. The molecule has 0 spiro atoms. The molecule has 154 valence electrons. The van der Waals surface area contributed by atoms with E-state index in [0.29, 0.717) is 30.9 Å². The van der Waals surface area contributed by atoms with Crippen molar-refractivity contribution in [3.63, 3.8) is 0 Å². The lowest BCUT2D eigenvalue weighted by Crippen LogP contribution is -2.41. The summed E-state index contributed by atoms with van der Waals surface area (Å²) in [5.74, 6) is 1.18. The van der Waals surface area contributed by atoms with E-state index in [2.05, 4.69) is 20.5 Å². The highest BCUT2D eigenvalue weighted by atomic mass is 16.5. The van der Waals surface area contributed by atoms with Gasteiger partial charge < -0.3 is 25.0 Å². The fourth-order valence-corrected chi connectivity index (χ4v) is 3.20. The maximum atomic E-state index is 12.2. The highest BCUT2D eigenvalue weighted by Gasteiger charge is 2.36. The van der Waals surface area contributed by atoms with Crippen molar-refractivity contribution in [2.75, 3.05) is 46.9 Å². The summed E-state index contributed by atoms with van der Waals surface area (Å²) in [4.78, 5) is 30.7. The molecule has 1 aliphatic rings. The normalized spacial score (nSPS) is 19.3. The zero-order valence-corrected chi connectivity index (χ0v) is 17.0. The van der Waals surface area contributed by atoms with Crippen molar-refractivity contribution in [1.29, 1.82) is 0 Å². The van der Waals surface area contributed by atoms with Crippen LogP contribution in [0.3, 0.4) is 0 Å². The maximum absolute atomic E-state index is 12.2. The van der Waals surface area contributed by atoms with E-state index in [9.17, 15) is 9.59 Å². The van der Waals surface area contributed by atoms with E-state index in [4.69, 9.17) is 9.47 Å². The molecular weight excluding hydrogens is 360 g/mol. The molecule has 0 bridgehead atoms. The van der Waals surface area contributed by atoms with Gasteiger partial charge in [0.15, 0.2) is 5.96 Å². The molecule has 1 aliphatic heterocycles. The summed E-state index contributed by atoms with van der Waals surface area (Å²) >= 11 is 0. The smallest absolute Gasteiger partial charge is 0.310 e. The van der Waals surface area contributed by atoms with Crippen LogP contribution in [0.1, 0.15) is 24.2 Å². The molecule has 0 aromatic heterocycles. The van der Waals surface area contributed by atoms with E-state index in [1.807, 2.05) is 13.8 Å². The summed E-state index contributed by atoms with van der Waals surface area (Å²) in [6.07, 6.45) is 0. The molecule has 8 heteroatoms. The number of aliphatic imine (C=N–C) groups is 1. The van der Waals surface area contributed by atoms with Gasteiger partial charge in [-0.1, -0.05) is 6.92 Å². The summed E-state index contributed by atoms with van der Waals surface area (Å²) in [5, 5.41) is 6.11. The molecule has 0 radical (unpaired) electrons. The number of amides is 1. The summed E-state index contributed by atoms with van der Waals surface area (Å²) in [7, 11) is 3.01. The summed E-state index contributed by atoms with van der Waals surface area (Å²) in [6.45, 7) is 6.95. The molecule has 0 aliphatic carbocycles. The molecule has 8 nitrogen and oxygen atoms in total. The molecule has 1 heterocycles. The van der Waals surface area contributed by atoms with Crippen molar-refractivity contribution in [1.82, 2.24) is 15.5 Å². The Bertz CT molecular complexity index is 690. The Balaban J connectivity index is 1.88. The van der Waals surface area contributed by atoms with Gasteiger partial charge in [-0.05, 0) is 37.1 Å². The van der Waals surface area contributed by atoms with Gasteiger partial charge in [0.1, 0.15) is 5.75 Å². The third-order valence-electron chi connectivity index (χ3n) is 4.76. The highest BCUT2D eigenvalue weighted by Crippen LogP contribution is 2.24. The summed E-state index contributed by atoms with van der Waals surface area (Å²) in [6, 6.07) is 6.95. The van der Waals surface area contributed by atoms with Crippen molar-refractivity contribution in [3.05, 3.63) is 29.8 Å². The number of carbonyl (C=O) groups excluding carboxylic acids is 2. The van der Waals surface area contributed by atoms with E-state index in [1.54, 1.807) is 31.4 Å². The molecule has 1 aromatic carbocycles. The molecule has 28 heavy (non-hydrogen) atoms. The Morgan fingerprint density at radius 3 is 2.50 bits per heavy atom. The highest BCUT2D eigenvalue weighted by molar-refractivity contribution is 5.94. The molecule has 2 atom stereocenters. The van der Waals surface area contributed by atoms with Crippen LogP contribution in [-0.4, -0.2) is 69.7 Å². The number of benzene rings is 1. The fourth-order valence-electron chi connectivity index (χ4n) is 3.20. The molecule has 1 fully saturated rings. The van der Waals surface area contributed by atoms with Crippen LogP contribution in [0.5, 0.6) is 5.75 Å². The van der Waals surface area contributed by atoms with Crippen LogP contribution in [0.2, 0.25) is 0 Å². The lowest BCUT2D eigenvalue weighted by Gasteiger charge is -2.21. The monoisotopic (exact) mass is 390 g/mol. The quantitative estimate of drug-likeness (QED) is 0.314. The van der Waals surface area contributed by atoms with Crippen LogP contribution in [-0.2, 0) is 9.53 Å². The topological polar surface area (TPSA) is 92.3 Å². The number of nitrogens with one attached hydrogen (secondary N) is 2. The Hall–Kier alpha value is -2.77. The third kappa shape index (κ3) is 5.61. The van der Waals surface area contributed by atoms with Crippen molar-refractivity contribution < 1.29 is 19.1 Å². The average Bonchev–Trinajstić information content (AvgIpc) is 3.11. The second-order valence-electron chi connectivity index (χ2n) is 6.73. The van der Waals surface area contributed by atoms with Gasteiger partial charge >= 0.3 is 5.97 Å². The van der Waals surface area contributed by atoms with Gasteiger partial charge in [0, 0.05) is 31.7 Å². The van der Waals surface area contributed by atoms with Crippen molar-refractivity contribution in [2.45, 2.75) is 13.8 Å². The van der Waals surface area contributed by atoms with E-state index in [-0.39, 0.29) is 23.7 Å². The van der Waals surface area contributed by atoms with Crippen LogP contribution in [0, 0.1) is 11.8 Å². The van der Waals surface area contributed by atoms with E-state index in [1.165, 1.54) is 7.11 Å². The molecular formula is C20H30N4O4. The van der Waals surface area contributed by atoms with Crippen LogP contribution >= 0.6 is 0 Å². The first-order valence-corrected chi connectivity index (χ1v) is 9.53. The van der Waals surface area contributed by atoms with Gasteiger partial charge in [0.25, 0.3) is 5.91 Å². The van der Waals surface area contributed by atoms with Gasteiger partial charge in [0.2, 0.25) is 0 Å². The number of hydrogen-bond donors (Lipinski definition) is 2. The largest absolute Gasteiger partial charge is 0.497 e. The number of methoxy groups -OCH3 is 2. The Kier molecular flexibility index (Phi) is 8.10. The number of carbonyl (C=O) groups is 2. The zero-order chi connectivity index (χ0) is 20.5. The first-order chi connectivity index (χ1) is 13.5. The first kappa shape index (κ1) is 21.5. The second kappa shape index (κ2) is 10.5. The van der Waals surface area contributed by atoms with Crippen LogP contribution in [0.4, 0.5) is 0 Å². The SMILES string of the molecule is CCNC(=NCCNC(=O)c1ccc(OC)cc1)N1CC(C)C(C(=O)OC)C1. The van der Waals surface area contributed by atoms with Crippen LogP contribution < -0.4 is 15.4 Å².